The summed E-state index contributed by atoms with van der Waals surface area (Å²) in [5.74, 6) is 0.546. The summed E-state index contributed by atoms with van der Waals surface area (Å²) in [6.45, 7) is 0. The Morgan fingerprint density at radius 2 is 2.08 bits per heavy atom. The number of aryl methyl sites for hydroxylation is 1. The molecule has 62 valence electrons. The van der Waals surface area contributed by atoms with Crippen LogP contribution in [0, 0.1) is 11.3 Å². The number of nitriles is 1. The van der Waals surface area contributed by atoms with E-state index in [1.165, 1.54) is 18.5 Å². The Morgan fingerprint density at radius 1 is 1.33 bits per heavy atom. The molecule has 2 rings (SSSR count). The first kappa shape index (κ1) is 7.23. The van der Waals surface area contributed by atoms with Gasteiger partial charge in [0.25, 0.3) is 0 Å². The zero-order valence-corrected chi connectivity index (χ0v) is 6.85. The zero-order valence-electron chi connectivity index (χ0n) is 6.85. The summed E-state index contributed by atoms with van der Waals surface area (Å²) in [5, 5.41) is 8.81. The average molecular weight is 161 g/mol. The lowest BCUT2D eigenvalue weighted by Gasteiger charge is -2.09. The van der Waals surface area contributed by atoms with Gasteiger partial charge in [0.05, 0.1) is 5.56 Å². The molecule has 0 spiro atoms. The first-order chi connectivity index (χ1) is 5.83. The monoisotopic (exact) mass is 161 g/mol. The maximum absolute atomic E-state index is 8.81. The third kappa shape index (κ3) is 0.884. The van der Waals surface area contributed by atoms with Gasteiger partial charge in [-0.25, -0.2) is 0 Å². The van der Waals surface area contributed by atoms with Crippen molar-refractivity contribution in [3.63, 3.8) is 0 Å². The molecular formula is C9H11N3. The fourth-order valence-corrected chi connectivity index (χ4v) is 1.83. The van der Waals surface area contributed by atoms with Gasteiger partial charge in [-0.05, 0) is 31.2 Å². The minimum atomic E-state index is 0.546. The summed E-state index contributed by atoms with van der Waals surface area (Å²) < 4.78 is 0. The topological polar surface area (TPSA) is 65.6 Å². The Balaban J connectivity index is 2.56. The van der Waals surface area contributed by atoms with Crippen molar-refractivity contribution in [1.82, 2.24) is 4.98 Å². The highest BCUT2D eigenvalue weighted by molar-refractivity contribution is 5.57. The summed E-state index contributed by atoms with van der Waals surface area (Å²) >= 11 is 0. The van der Waals surface area contributed by atoms with Gasteiger partial charge in [-0.2, -0.15) is 5.26 Å². The highest BCUT2D eigenvalue weighted by Crippen LogP contribution is 2.27. The zero-order chi connectivity index (χ0) is 8.55. The number of rotatable bonds is 0. The minimum Gasteiger partial charge on any atom is -0.384 e. The molecule has 1 aliphatic carbocycles. The molecule has 1 aliphatic rings. The fourth-order valence-electron chi connectivity index (χ4n) is 1.83. The lowest BCUT2D eigenvalue weighted by molar-refractivity contribution is 0.676. The number of fused-ring (bicyclic) bond motifs is 1. The van der Waals surface area contributed by atoms with Gasteiger partial charge in [-0.3, -0.25) is 0 Å². The van der Waals surface area contributed by atoms with E-state index in [1.807, 2.05) is 0 Å². The van der Waals surface area contributed by atoms with Crippen LogP contribution in [0.5, 0.6) is 0 Å². The van der Waals surface area contributed by atoms with Crippen molar-refractivity contribution >= 4 is 5.82 Å². The predicted molar refractivity (Wildman–Crippen MR) is 46.6 cm³/mol. The highest BCUT2D eigenvalue weighted by Gasteiger charge is 2.17. The van der Waals surface area contributed by atoms with Crippen molar-refractivity contribution in [2.75, 3.05) is 5.73 Å². The minimum absolute atomic E-state index is 0.546. The van der Waals surface area contributed by atoms with Crippen LogP contribution in [0.1, 0.15) is 29.7 Å². The summed E-state index contributed by atoms with van der Waals surface area (Å²) in [5.41, 5.74) is 8.65. The molecule has 3 nitrogen and oxygen atoms in total. The Hall–Kier alpha value is -1.43. The molecule has 0 saturated carbocycles. The second-order valence-electron chi connectivity index (χ2n) is 3.19. The van der Waals surface area contributed by atoms with Crippen LogP contribution in [0.25, 0.3) is 0 Å². The number of nitrogen functional groups attached to an aromatic ring is 1. The van der Waals surface area contributed by atoms with Gasteiger partial charge in [0.2, 0.25) is 0 Å². The molecule has 3 heteroatoms. The van der Waals surface area contributed by atoms with E-state index in [9.17, 15) is 0 Å². The number of nitrogens with one attached hydrogen (secondary N) is 1. The van der Waals surface area contributed by atoms with Crippen LogP contribution in [-0.4, -0.2) is 4.98 Å². The van der Waals surface area contributed by atoms with Crippen LogP contribution in [0.2, 0.25) is 0 Å². The molecule has 1 heterocycles. The van der Waals surface area contributed by atoms with Crippen LogP contribution in [0.15, 0.2) is 0 Å². The fraction of sp³-hybridized carbons (Fsp3) is 0.444. The van der Waals surface area contributed by atoms with Crippen LogP contribution in [0.4, 0.5) is 5.82 Å². The largest absolute Gasteiger partial charge is 0.384 e. The van der Waals surface area contributed by atoms with E-state index in [4.69, 9.17) is 11.0 Å². The Kier molecular flexibility index (Phi) is 1.54. The number of aromatic amines is 1. The van der Waals surface area contributed by atoms with Gasteiger partial charge >= 0.3 is 0 Å². The Labute approximate surface area is 71.2 Å². The second-order valence-corrected chi connectivity index (χ2v) is 3.19. The molecule has 12 heavy (non-hydrogen) atoms. The van der Waals surface area contributed by atoms with Gasteiger partial charge in [-0.15, -0.1) is 0 Å². The number of hydrogen-bond acceptors (Lipinski definition) is 2. The summed E-state index contributed by atoms with van der Waals surface area (Å²) in [6.07, 6.45) is 4.43. The van der Waals surface area contributed by atoms with Crippen molar-refractivity contribution in [3.05, 3.63) is 16.8 Å². The quantitative estimate of drug-likeness (QED) is 0.603. The lowest BCUT2D eigenvalue weighted by Crippen LogP contribution is -2.01. The average Bonchev–Trinajstić information content (AvgIpc) is 2.40. The molecular weight excluding hydrogens is 150 g/mol. The van der Waals surface area contributed by atoms with Crippen molar-refractivity contribution in [2.24, 2.45) is 0 Å². The van der Waals surface area contributed by atoms with Gasteiger partial charge in [0, 0.05) is 5.69 Å². The predicted octanol–water partition coefficient (Wildman–Crippen LogP) is 1.35. The van der Waals surface area contributed by atoms with Crippen molar-refractivity contribution < 1.29 is 0 Å². The molecule has 0 amide bonds. The number of nitrogens with zero attached hydrogens (tertiary/aromatic N) is 1. The highest BCUT2D eigenvalue weighted by atomic mass is 14.9. The van der Waals surface area contributed by atoms with Crippen molar-refractivity contribution in [3.8, 4) is 6.07 Å². The van der Waals surface area contributed by atoms with Crippen LogP contribution >= 0.6 is 0 Å². The maximum atomic E-state index is 8.81. The first-order valence-electron chi connectivity index (χ1n) is 4.22. The van der Waals surface area contributed by atoms with Crippen molar-refractivity contribution in [1.29, 1.82) is 5.26 Å². The van der Waals surface area contributed by atoms with Gasteiger partial charge in [0.1, 0.15) is 11.9 Å². The van der Waals surface area contributed by atoms with Crippen LogP contribution < -0.4 is 5.73 Å². The van der Waals surface area contributed by atoms with Gasteiger partial charge in [0.15, 0.2) is 0 Å². The molecule has 3 N–H and O–H groups in total. The SMILES string of the molecule is N#Cc1c(N)[nH]c2c1CCCC2. The summed E-state index contributed by atoms with van der Waals surface area (Å²) in [4.78, 5) is 3.07. The molecule has 0 fully saturated rings. The lowest BCUT2D eigenvalue weighted by atomic mass is 9.95. The van der Waals surface area contributed by atoms with Gasteiger partial charge in [-0.1, -0.05) is 0 Å². The molecule has 0 saturated heterocycles. The third-order valence-electron chi connectivity index (χ3n) is 2.44. The van der Waals surface area contributed by atoms with E-state index in [1.54, 1.807) is 0 Å². The summed E-state index contributed by atoms with van der Waals surface area (Å²) in [7, 11) is 0. The van der Waals surface area contributed by atoms with Crippen molar-refractivity contribution in [2.45, 2.75) is 25.7 Å². The Morgan fingerprint density at radius 3 is 2.83 bits per heavy atom. The van der Waals surface area contributed by atoms with E-state index in [0.29, 0.717) is 11.4 Å². The first-order valence-corrected chi connectivity index (χ1v) is 4.22. The van der Waals surface area contributed by atoms with E-state index in [0.717, 1.165) is 18.4 Å². The molecule has 0 bridgehead atoms. The van der Waals surface area contributed by atoms with E-state index >= 15 is 0 Å². The molecule has 0 aliphatic heterocycles. The number of H-pyrrole nitrogens is 1. The number of anilines is 1. The summed E-state index contributed by atoms with van der Waals surface area (Å²) in [6, 6.07) is 2.15. The normalized spacial score (nSPS) is 15.2. The van der Waals surface area contributed by atoms with Crippen LogP contribution in [-0.2, 0) is 12.8 Å². The number of hydrogen-bond donors (Lipinski definition) is 2. The molecule has 0 aromatic carbocycles. The molecule has 0 radical (unpaired) electrons. The molecule has 1 aromatic heterocycles. The standard InChI is InChI=1S/C9H11N3/c10-5-7-6-3-1-2-4-8(6)12-9(7)11/h12H,1-4,11H2. The smallest absolute Gasteiger partial charge is 0.119 e. The molecule has 1 aromatic rings. The number of nitrogens with two attached hydrogens (primary N) is 1. The molecule has 0 atom stereocenters. The van der Waals surface area contributed by atoms with Crippen LogP contribution in [0.3, 0.4) is 0 Å². The van der Waals surface area contributed by atoms with E-state index in [-0.39, 0.29) is 0 Å². The van der Waals surface area contributed by atoms with Gasteiger partial charge < -0.3 is 10.7 Å². The number of aromatic nitrogens is 1. The molecule has 0 unspecified atom stereocenters. The van der Waals surface area contributed by atoms with E-state index < -0.39 is 0 Å². The van der Waals surface area contributed by atoms with E-state index in [2.05, 4.69) is 11.1 Å². The maximum Gasteiger partial charge on any atom is 0.119 e. The third-order valence-corrected chi connectivity index (χ3v) is 2.44. The Bertz CT molecular complexity index is 343. The second kappa shape index (κ2) is 2.56.